The van der Waals surface area contributed by atoms with Crippen molar-refractivity contribution in [2.24, 2.45) is 0 Å². The van der Waals surface area contributed by atoms with E-state index in [1.54, 1.807) is 17.0 Å². The van der Waals surface area contributed by atoms with Crippen LogP contribution in [0.2, 0.25) is 0 Å². The fourth-order valence-corrected chi connectivity index (χ4v) is 3.39. The Hall–Kier alpha value is -2.16. The Labute approximate surface area is 124 Å². The number of rotatable bonds is 4. The van der Waals surface area contributed by atoms with Gasteiger partial charge in [-0.05, 0) is 42.7 Å². The Morgan fingerprint density at radius 1 is 0.952 bits per heavy atom. The molecule has 1 fully saturated rings. The van der Waals surface area contributed by atoms with Crippen LogP contribution in [0, 0.1) is 5.82 Å². The molecule has 2 aromatic rings. The molecule has 21 heavy (non-hydrogen) atoms. The largest absolute Gasteiger partial charge is 0.305 e. The summed E-state index contributed by atoms with van der Waals surface area (Å²) in [6.07, 6.45) is 4.95. The van der Waals surface area contributed by atoms with E-state index in [4.69, 9.17) is 0 Å². The lowest BCUT2D eigenvalue weighted by atomic mass is 9.86. The molecular weight excluding hydrogens is 265 g/mol. The summed E-state index contributed by atoms with van der Waals surface area (Å²) in [7, 11) is 0. The lowest BCUT2D eigenvalue weighted by Gasteiger charge is -2.39. The zero-order chi connectivity index (χ0) is 14.7. The molecule has 3 heteroatoms. The summed E-state index contributed by atoms with van der Waals surface area (Å²) in [6, 6.07) is 16.3. The van der Waals surface area contributed by atoms with Gasteiger partial charge >= 0.3 is 0 Å². The van der Waals surface area contributed by atoms with E-state index in [0.29, 0.717) is 0 Å². The second-order valence-electron chi connectivity index (χ2n) is 5.56. The summed E-state index contributed by atoms with van der Waals surface area (Å²) in [5.41, 5.74) is 1.59. The standard InChI is InChI=1S/C18H18FNO/c19-16-8-10-17(11-9-16)20(14-21)18(12-4-5-13-18)15-6-2-1-3-7-15/h1-3,6-11,14H,4-5,12-13H2. The van der Waals surface area contributed by atoms with Crippen LogP contribution < -0.4 is 4.90 Å². The van der Waals surface area contributed by atoms with E-state index in [0.717, 1.165) is 43.3 Å². The highest BCUT2D eigenvalue weighted by Gasteiger charge is 2.41. The molecule has 0 saturated heterocycles. The highest BCUT2D eigenvalue weighted by atomic mass is 19.1. The highest BCUT2D eigenvalue weighted by Crippen LogP contribution is 2.45. The molecule has 0 aliphatic heterocycles. The van der Waals surface area contributed by atoms with Crippen molar-refractivity contribution in [2.75, 3.05) is 4.90 Å². The SMILES string of the molecule is O=CN(c1ccc(F)cc1)C1(c2ccccc2)CCCC1. The van der Waals surface area contributed by atoms with Gasteiger partial charge in [-0.3, -0.25) is 4.79 Å². The van der Waals surface area contributed by atoms with Crippen molar-refractivity contribution in [1.82, 2.24) is 0 Å². The Bertz CT molecular complexity index is 603. The number of halogens is 1. The van der Waals surface area contributed by atoms with Crippen molar-refractivity contribution in [3.63, 3.8) is 0 Å². The maximum atomic E-state index is 13.1. The van der Waals surface area contributed by atoms with Crippen molar-refractivity contribution in [2.45, 2.75) is 31.2 Å². The second kappa shape index (κ2) is 5.68. The third-order valence-electron chi connectivity index (χ3n) is 4.41. The van der Waals surface area contributed by atoms with Gasteiger partial charge in [0.25, 0.3) is 0 Å². The molecular formula is C18H18FNO. The number of nitrogens with zero attached hydrogens (tertiary/aromatic N) is 1. The van der Waals surface area contributed by atoms with Crippen molar-refractivity contribution >= 4 is 12.1 Å². The van der Waals surface area contributed by atoms with Gasteiger partial charge in [-0.25, -0.2) is 4.39 Å². The van der Waals surface area contributed by atoms with Crippen LogP contribution >= 0.6 is 0 Å². The van der Waals surface area contributed by atoms with E-state index < -0.39 is 0 Å². The summed E-state index contributed by atoms with van der Waals surface area (Å²) in [6.45, 7) is 0. The molecule has 2 nitrogen and oxygen atoms in total. The van der Waals surface area contributed by atoms with E-state index in [2.05, 4.69) is 12.1 Å². The average Bonchev–Trinajstić information content (AvgIpc) is 3.01. The lowest BCUT2D eigenvalue weighted by Crippen LogP contribution is -2.43. The molecule has 0 aromatic heterocycles. The number of carbonyl (C=O) groups excluding carboxylic acids is 1. The van der Waals surface area contributed by atoms with Gasteiger partial charge in [0.1, 0.15) is 5.82 Å². The fourth-order valence-electron chi connectivity index (χ4n) is 3.39. The zero-order valence-electron chi connectivity index (χ0n) is 11.8. The number of hydrogen-bond donors (Lipinski definition) is 0. The van der Waals surface area contributed by atoms with Crippen molar-refractivity contribution < 1.29 is 9.18 Å². The van der Waals surface area contributed by atoms with Crippen LogP contribution in [0.15, 0.2) is 54.6 Å². The van der Waals surface area contributed by atoms with E-state index >= 15 is 0 Å². The second-order valence-corrected chi connectivity index (χ2v) is 5.56. The van der Waals surface area contributed by atoms with E-state index in [-0.39, 0.29) is 11.4 Å². The van der Waals surface area contributed by atoms with Gasteiger partial charge in [0.2, 0.25) is 6.41 Å². The van der Waals surface area contributed by atoms with E-state index in [9.17, 15) is 9.18 Å². The maximum absolute atomic E-state index is 13.1. The highest BCUT2D eigenvalue weighted by molar-refractivity contribution is 5.78. The number of benzene rings is 2. The summed E-state index contributed by atoms with van der Waals surface area (Å²) in [5, 5.41) is 0. The fraction of sp³-hybridized carbons (Fsp3) is 0.278. The Morgan fingerprint density at radius 2 is 1.57 bits per heavy atom. The summed E-state index contributed by atoms with van der Waals surface area (Å²) < 4.78 is 13.1. The first kappa shape index (κ1) is 13.8. The first-order valence-electron chi connectivity index (χ1n) is 7.32. The van der Waals surface area contributed by atoms with Crippen LogP contribution in [-0.4, -0.2) is 6.41 Å². The van der Waals surface area contributed by atoms with Gasteiger partial charge in [-0.1, -0.05) is 43.2 Å². The van der Waals surface area contributed by atoms with Gasteiger partial charge in [-0.15, -0.1) is 0 Å². The first-order valence-corrected chi connectivity index (χ1v) is 7.32. The van der Waals surface area contributed by atoms with Crippen LogP contribution in [0.5, 0.6) is 0 Å². The van der Waals surface area contributed by atoms with Crippen LogP contribution in [0.4, 0.5) is 10.1 Å². The molecule has 1 saturated carbocycles. The van der Waals surface area contributed by atoms with Crippen molar-refractivity contribution in [1.29, 1.82) is 0 Å². The zero-order valence-corrected chi connectivity index (χ0v) is 11.8. The van der Waals surface area contributed by atoms with Crippen LogP contribution in [0.3, 0.4) is 0 Å². The molecule has 1 aliphatic carbocycles. The molecule has 0 spiro atoms. The van der Waals surface area contributed by atoms with Gasteiger partial charge in [0.05, 0.1) is 5.54 Å². The molecule has 0 bridgehead atoms. The Kier molecular flexibility index (Phi) is 3.74. The molecule has 1 amide bonds. The van der Waals surface area contributed by atoms with Crippen molar-refractivity contribution in [3.8, 4) is 0 Å². The quantitative estimate of drug-likeness (QED) is 0.768. The summed E-state index contributed by atoms with van der Waals surface area (Å²) in [5.74, 6) is -0.287. The molecule has 108 valence electrons. The molecule has 3 rings (SSSR count). The normalized spacial score (nSPS) is 16.6. The topological polar surface area (TPSA) is 20.3 Å². The van der Waals surface area contributed by atoms with E-state index in [1.165, 1.54) is 12.1 Å². The summed E-state index contributed by atoms with van der Waals surface area (Å²) >= 11 is 0. The van der Waals surface area contributed by atoms with Gasteiger partial charge in [0, 0.05) is 5.69 Å². The smallest absolute Gasteiger partial charge is 0.214 e. The molecule has 0 atom stereocenters. The van der Waals surface area contributed by atoms with Gasteiger partial charge in [0.15, 0.2) is 0 Å². The Balaban J connectivity index is 2.07. The number of carbonyl (C=O) groups is 1. The predicted octanol–water partition coefficient (Wildman–Crippen LogP) is 4.26. The molecule has 0 heterocycles. The summed E-state index contributed by atoms with van der Waals surface area (Å²) in [4.78, 5) is 13.6. The monoisotopic (exact) mass is 283 g/mol. The first-order chi connectivity index (χ1) is 10.3. The van der Waals surface area contributed by atoms with E-state index in [1.807, 2.05) is 18.2 Å². The number of amides is 1. The predicted molar refractivity (Wildman–Crippen MR) is 81.5 cm³/mol. The average molecular weight is 283 g/mol. The number of anilines is 1. The molecule has 2 aromatic carbocycles. The number of hydrogen-bond acceptors (Lipinski definition) is 1. The van der Waals surface area contributed by atoms with Crippen LogP contribution in [0.25, 0.3) is 0 Å². The van der Waals surface area contributed by atoms with Gasteiger partial charge in [-0.2, -0.15) is 0 Å². The maximum Gasteiger partial charge on any atom is 0.214 e. The molecule has 0 N–H and O–H groups in total. The molecule has 0 unspecified atom stereocenters. The molecule has 1 aliphatic rings. The minimum Gasteiger partial charge on any atom is -0.305 e. The molecule has 0 radical (unpaired) electrons. The van der Waals surface area contributed by atoms with Gasteiger partial charge < -0.3 is 4.90 Å². The lowest BCUT2D eigenvalue weighted by molar-refractivity contribution is -0.108. The van der Waals surface area contributed by atoms with Crippen molar-refractivity contribution in [3.05, 3.63) is 66.0 Å². The third kappa shape index (κ3) is 2.44. The minimum absolute atomic E-state index is 0.287. The van der Waals surface area contributed by atoms with Crippen LogP contribution in [0.1, 0.15) is 31.2 Å². The minimum atomic E-state index is -0.305. The third-order valence-corrected chi connectivity index (χ3v) is 4.41. The Morgan fingerprint density at radius 3 is 2.14 bits per heavy atom. The van der Waals surface area contributed by atoms with Crippen LogP contribution in [-0.2, 0) is 10.3 Å².